The largest absolute Gasteiger partial charge is 0.465 e. The number of benzene rings is 1. The number of rotatable bonds is 5. The number of hydrogen-bond acceptors (Lipinski definition) is 4. The number of esters is 1. The van der Waals surface area contributed by atoms with Crippen molar-refractivity contribution in [3.05, 3.63) is 35.1 Å². The first-order chi connectivity index (χ1) is 9.20. The van der Waals surface area contributed by atoms with Crippen LogP contribution in [0.1, 0.15) is 22.3 Å². The van der Waals surface area contributed by atoms with Gasteiger partial charge in [-0.1, -0.05) is 6.07 Å². The molecule has 0 aliphatic carbocycles. The summed E-state index contributed by atoms with van der Waals surface area (Å²) >= 11 is 1.99. The van der Waals surface area contributed by atoms with E-state index < -0.39 is 11.8 Å². The molecule has 0 amide bonds. The fraction of sp³-hybridized carbons (Fsp3) is 0.500. The van der Waals surface area contributed by atoms with Gasteiger partial charge in [-0.25, -0.2) is 9.18 Å². The molecular formula is C14H18FNO2S. The van der Waals surface area contributed by atoms with Crippen LogP contribution in [0.25, 0.3) is 0 Å². The summed E-state index contributed by atoms with van der Waals surface area (Å²) in [6.07, 6.45) is 1.26. The Labute approximate surface area is 116 Å². The summed E-state index contributed by atoms with van der Waals surface area (Å²) in [5.74, 6) is 2.02. The Morgan fingerprint density at radius 1 is 1.58 bits per heavy atom. The Balaban J connectivity index is 1.87. The van der Waals surface area contributed by atoms with Gasteiger partial charge in [-0.2, -0.15) is 11.8 Å². The molecule has 1 fully saturated rings. The van der Waals surface area contributed by atoms with Crippen LogP contribution in [0.15, 0.2) is 18.2 Å². The van der Waals surface area contributed by atoms with Crippen LogP contribution in [-0.2, 0) is 11.3 Å². The van der Waals surface area contributed by atoms with Crippen molar-refractivity contribution in [3.8, 4) is 0 Å². The highest BCUT2D eigenvalue weighted by atomic mass is 32.2. The molecule has 1 aromatic carbocycles. The number of nitrogens with one attached hydrogen (secondary N) is 1. The van der Waals surface area contributed by atoms with Gasteiger partial charge in [0.15, 0.2) is 0 Å². The molecule has 0 bridgehead atoms. The summed E-state index contributed by atoms with van der Waals surface area (Å²) in [5.41, 5.74) is 0.828. The van der Waals surface area contributed by atoms with E-state index in [1.54, 1.807) is 6.07 Å². The summed E-state index contributed by atoms with van der Waals surface area (Å²) in [7, 11) is 1.25. The van der Waals surface area contributed by atoms with Crippen molar-refractivity contribution >= 4 is 17.7 Å². The van der Waals surface area contributed by atoms with Crippen molar-refractivity contribution < 1.29 is 13.9 Å². The highest BCUT2D eigenvalue weighted by molar-refractivity contribution is 7.99. The van der Waals surface area contributed by atoms with Crippen LogP contribution in [0.3, 0.4) is 0 Å². The van der Waals surface area contributed by atoms with Crippen LogP contribution in [-0.4, -0.2) is 31.1 Å². The summed E-state index contributed by atoms with van der Waals surface area (Å²) in [6, 6.07) is 4.62. The van der Waals surface area contributed by atoms with Crippen molar-refractivity contribution in [3.63, 3.8) is 0 Å². The van der Waals surface area contributed by atoms with Gasteiger partial charge < -0.3 is 10.1 Å². The first-order valence-electron chi connectivity index (χ1n) is 6.36. The second-order valence-corrected chi connectivity index (χ2v) is 5.82. The lowest BCUT2D eigenvalue weighted by molar-refractivity contribution is 0.0595. The smallest absolute Gasteiger partial charge is 0.340 e. The zero-order valence-electron chi connectivity index (χ0n) is 10.9. The van der Waals surface area contributed by atoms with Crippen LogP contribution in [0.4, 0.5) is 4.39 Å². The molecule has 1 aromatic rings. The molecule has 1 atom stereocenters. The van der Waals surface area contributed by atoms with Gasteiger partial charge in [-0.3, -0.25) is 0 Å². The Morgan fingerprint density at radius 2 is 2.42 bits per heavy atom. The third-order valence-corrected chi connectivity index (χ3v) is 4.46. The highest BCUT2D eigenvalue weighted by Gasteiger charge is 2.15. The van der Waals surface area contributed by atoms with E-state index in [0.717, 1.165) is 18.0 Å². The fourth-order valence-corrected chi connectivity index (χ4v) is 3.39. The molecule has 0 radical (unpaired) electrons. The molecule has 19 heavy (non-hydrogen) atoms. The van der Waals surface area contributed by atoms with Crippen molar-refractivity contribution in [2.45, 2.75) is 13.0 Å². The van der Waals surface area contributed by atoms with E-state index in [2.05, 4.69) is 10.1 Å². The van der Waals surface area contributed by atoms with Gasteiger partial charge in [-0.15, -0.1) is 0 Å². The maximum atomic E-state index is 13.7. The van der Waals surface area contributed by atoms with Gasteiger partial charge >= 0.3 is 5.97 Å². The minimum absolute atomic E-state index is 0.0153. The fourth-order valence-electron chi connectivity index (χ4n) is 2.11. The topological polar surface area (TPSA) is 38.3 Å². The second-order valence-electron chi connectivity index (χ2n) is 4.67. The number of hydrogen-bond donors (Lipinski definition) is 1. The van der Waals surface area contributed by atoms with E-state index in [0.29, 0.717) is 6.54 Å². The Hall–Kier alpha value is -1.07. The lowest BCUT2D eigenvalue weighted by Gasteiger charge is -2.10. The quantitative estimate of drug-likeness (QED) is 0.843. The molecule has 0 aromatic heterocycles. The van der Waals surface area contributed by atoms with Crippen molar-refractivity contribution in [1.29, 1.82) is 0 Å². The first kappa shape index (κ1) is 14.3. The van der Waals surface area contributed by atoms with Crippen LogP contribution in [0.2, 0.25) is 0 Å². The molecule has 2 rings (SSSR count). The maximum absolute atomic E-state index is 13.7. The van der Waals surface area contributed by atoms with E-state index in [4.69, 9.17) is 0 Å². The average Bonchev–Trinajstić information content (AvgIpc) is 2.91. The standard InChI is InChI=1S/C14H18FNO2S/c1-18-14(17)12-3-2-10(6-13(12)15)7-16-8-11-4-5-19-9-11/h2-3,6,11,16H,4-5,7-9H2,1H3. The average molecular weight is 283 g/mol. The summed E-state index contributed by atoms with van der Waals surface area (Å²) in [4.78, 5) is 11.3. The number of thioether (sulfide) groups is 1. The molecule has 1 N–H and O–H groups in total. The van der Waals surface area contributed by atoms with Crippen molar-refractivity contribution in [2.24, 2.45) is 5.92 Å². The van der Waals surface area contributed by atoms with Crippen LogP contribution in [0, 0.1) is 11.7 Å². The van der Waals surface area contributed by atoms with Gasteiger partial charge in [0, 0.05) is 6.54 Å². The molecule has 1 aliphatic rings. The summed E-state index contributed by atoms with van der Waals surface area (Å²) < 4.78 is 18.2. The molecule has 1 saturated heterocycles. The molecular weight excluding hydrogens is 265 g/mol. The molecule has 1 heterocycles. The molecule has 1 aliphatic heterocycles. The van der Waals surface area contributed by atoms with E-state index in [-0.39, 0.29) is 5.56 Å². The van der Waals surface area contributed by atoms with Gasteiger partial charge in [0.05, 0.1) is 12.7 Å². The number of carbonyl (C=O) groups is 1. The Bertz CT molecular complexity index is 447. The van der Waals surface area contributed by atoms with Crippen molar-refractivity contribution in [2.75, 3.05) is 25.2 Å². The van der Waals surface area contributed by atoms with E-state index in [1.165, 1.54) is 37.2 Å². The van der Waals surface area contributed by atoms with Crippen molar-refractivity contribution in [1.82, 2.24) is 5.32 Å². The number of methoxy groups -OCH3 is 1. The minimum Gasteiger partial charge on any atom is -0.465 e. The van der Waals surface area contributed by atoms with Gasteiger partial charge in [0.1, 0.15) is 5.82 Å². The van der Waals surface area contributed by atoms with Crippen LogP contribution < -0.4 is 5.32 Å². The lowest BCUT2D eigenvalue weighted by atomic mass is 10.1. The Kier molecular flexibility index (Phi) is 5.22. The van der Waals surface area contributed by atoms with Crippen LogP contribution >= 0.6 is 11.8 Å². The molecule has 104 valence electrons. The van der Waals surface area contributed by atoms with Crippen LogP contribution in [0.5, 0.6) is 0 Å². The Morgan fingerprint density at radius 3 is 3.05 bits per heavy atom. The normalized spacial score (nSPS) is 18.5. The van der Waals surface area contributed by atoms with Gasteiger partial charge in [-0.05, 0) is 48.1 Å². The summed E-state index contributed by atoms with van der Waals surface area (Å²) in [5, 5.41) is 3.34. The monoisotopic (exact) mass is 283 g/mol. The molecule has 5 heteroatoms. The SMILES string of the molecule is COC(=O)c1ccc(CNCC2CCSC2)cc1F. The number of halogens is 1. The lowest BCUT2D eigenvalue weighted by Crippen LogP contribution is -2.22. The number of carbonyl (C=O) groups excluding carboxylic acids is 1. The van der Waals surface area contributed by atoms with Gasteiger partial charge in [0.25, 0.3) is 0 Å². The third-order valence-electron chi connectivity index (χ3n) is 3.22. The maximum Gasteiger partial charge on any atom is 0.340 e. The minimum atomic E-state index is -0.639. The van der Waals surface area contributed by atoms with E-state index in [9.17, 15) is 9.18 Å². The number of ether oxygens (including phenoxy) is 1. The predicted octanol–water partition coefficient (Wildman–Crippen LogP) is 2.46. The highest BCUT2D eigenvalue weighted by Crippen LogP contribution is 2.22. The molecule has 3 nitrogen and oxygen atoms in total. The van der Waals surface area contributed by atoms with E-state index in [1.807, 2.05) is 11.8 Å². The molecule has 1 unspecified atom stereocenters. The molecule has 0 spiro atoms. The zero-order valence-corrected chi connectivity index (χ0v) is 11.8. The molecule has 0 saturated carbocycles. The predicted molar refractivity (Wildman–Crippen MR) is 74.9 cm³/mol. The zero-order chi connectivity index (χ0) is 13.7. The third kappa shape index (κ3) is 3.94. The second kappa shape index (κ2) is 6.91. The van der Waals surface area contributed by atoms with E-state index >= 15 is 0 Å². The van der Waals surface area contributed by atoms with Gasteiger partial charge in [0.2, 0.25) is 0 Å². The summed E-state index contributed by atoms with van der Waals surface area (Å²) in [6.45, 7) is 1.59. The first-order valence-corrected chi connectivity index (χ1v) is 7.51.